The molecular weight excluding hydrogens is 360 g/mol. The fourth-order valence-electron chi connectivity index (χ4n) is 3.70. The van der Waals surface area contributed by atoms with Crippen LogP contribution in [0.3, 0.4) is 0 Å². The van der Waals surface area contributed by atoms with Crippen LogP contribution >= 0.6 is 0 Å². The van der Waals surface area contributed by atoms with Crippen molar-refractivity contribution in [3.8, 4) is 11.8 Å². The second kappa shape index (κ2) is 13.7. The van der Waals surface area contributed by atoms with Crippen LogP contribution in [0.2, 0.25) is 0 Å². The van der Waals surface area contributed by atoms with Gasteiger partial charge in [0, 0.05) is 12.0 Å². The number of benzene rings is 2. The topological polar surface area (TPSA) is 0 Å². The predicted molar refractivity (Wildman–Crippen MR) is 135 cm³/mol. The second-order valence-electron chi connectivity index (χ2n) is 7.81. The van der Waals surface area contributed by atoms with Crippen LogP contribution in [0.4, 0.5) is 0 Å². The van der Waals surface area contributed by atoms with Crippen LogP contribution in [0.15, 0.2) is 54.6 Å². The highest BCUT2D eigenvalue weighted by Crippen LogP contribution is 2.31. The Morgan fingerprint density at radius 2 is 1.30 bits per heavy atom. The first-order chi connectivity index (χ1) is 14.7. The molecule has 0 heterocycles. The number of hydrogen-bond donors (Lipinski definition) is 0. The number of allylic oxidation sites excluding steroid dienone is 3. The van der Waals surface area contributed by atoms with Crippen LogP contribution in [-0.4, -0.2) is 0 Å². The molecule has 0 unspecified atom stereocenters. The highest BCUT2D eigenvalue weighted by Gasteiger charge is 2.09. The van der Waals surface area contributed by atoms with Gasteiger partial charge in [-0.1, -0.05) is 107 Å². The van der Waals surface area contributed by atoms with Crippen molar-refractivity contribution in [1.82, 2.24) is 0 Å². The molecule has 0 radical (unpaired) electrons. The molecule has 0 fully saturated rings. The van der Waals surface area contributed by atoms with Gasteiger partial charge in [0.05, 0.1) is 0 Å². The van der Waals surface area contributed by atoms with Crippen molar-refractivity contribution in [2.75, 3.05) is 0 Å². The van der Waals surface area contributed by atoms with Gasteiger partial charge in [-0.05, 0) is 65.7 Å². The summed E-state index contributed by atoms with van der Waals surface area (Å²) in [6.45, 7) is 8.96. The molecule has 0 heteroatoms. The standard InChI is InChI=1S/C30H38/c1-5-9-11-13-15-25-17-21-27(22-18-25)29(7-3)30(8-4)28-23-19-26(20-24-28)16-14-12-10-6-2/h13,15,17-24H,5-12H2,1-4H3/b15-13-,30-29+. The summed E-state index contributed by atoms with van der Waals surface area (Å²) in [5, 5.41) is 0. The number of unbranched alkanes of at least 4 members (excludes halogenated alkanes) is 4. The molecule has 2 aromatic rings. The summed E-state index contributed by atoms with van der Waals surface area (Å²) < 4.78 is 0. The van der Waals surface area contributed by atoms with Crippen LogP contribution in [0.1, 0.15) is 101 Å². The molecule has 0 aliphatic carbocycles. The van der Waals surface area contributed by atoms with Crippen molar-refractivity contribution in [3.63, 3.8) is 0 Å². The van der Waals surface area contributed by atoms with Gasteiger partial charge in [0.2, 0.25) is 0 Å². The zero-order chi connectivity index (χ0) is 21.6. The van der Waals surface area contributed by atoms with Crippen LogP contribution in [0, 0.1) is 11.8 Å². The Morgan fingerprint density at radius 1 is 0.733 bits per heavy atom. The molecule has 0 N–H and O–H groups in total. The van der Waals surface area contributed by atoms with Gasteiger partial charge >= 0.3 is 0 Å². The smallest absolute Gasteiger partial charge is 0.0245 e. The summed E-state index contributed by atoms with van der Waals surface area (Å²) in [6.07, 6.45) is 13.7. The van der Waals surface area contributed by atoms with Crippen molar-refractivity contribution in [3.05, 3.63) is 76.9 Å². The Morgan fingerprint density at radius 3 is 1.83 bits per heavy atom. The lowest BCUT2D eigenvalue weighted by molar-refractivity contribution is 0.816. The fraction of sp³-hybridized carbons (Fsp3) is 0.400. The van der Waals surface area contributed by atoms with E-state index in [1.807, 2.05) is 0 Å². The van der Waals surface area contributed by atoms with Crippen molar-refractivity contribution < 1.29 is 0 Å². The van der Waals surface area contributed by atoms with Crippen LogP contribution in [0.25, 0.3) is 17.2 Å². The van der Waals surface area contributed by atoms with E-state index in [-0.39, 0.29) is 0 Å². The lowest BCUT2D eigenvalue weighted by atomic mass is 9.90. The highest BCUT2D eigenvalue weighted by atomic mass is 14.1. The van der Waals surface area contributed by atoms with E-state index in [4.69, 9.17) is 0 Å². The van der Waals surface area contributed by atoms with Crippen LogP contribution < -0.4 is 0 Å². The molecule has 30 heavy (non-hydrogen) atoms. The molecule has 0 aliphatic heterocycles. The zero-order valence-corrected chi connectivity index (χ0v) is 19.4. The molecule has 2 aromatic carbocycles. The Hall–Kier alpha value is -2.52. The molecule has 0 amide bonds. The molecule has 158 valence electrons. The SMILES string of the molecule is CCCCC#Cc1ccc(/C(CC)=C(\CC)c2ccc(/C=C\CCCC)cc2)cc1. The maximum absolute atomic E-state index is 3.30. The molecule has 2 rings (SSSR count). The second-order valence-corrected chi connectivity index (χ2v) is 7.81. The highest BCUT2D eigenvalue weighted by molar-refractivity contribution is 5.90. The summed E-state index contributed by atoms with van der Waals surface area (Å²) in [5.74, 6) is 6.58. The normalized spacial score (nSPS) is 11.9. The van der Waals surface area contributed by atoms with E-state index in [0.29, 0.717) is 0 Å². The van der Waals surface area contributed by atoms with E-state index in [0.717, 1.165) is 31.2 Å². The van der Waals surface area contributed by atoms with Gasteiger partial charge in [-0.2, -0.15) is 0 Å². The predicted octanol–water partition coefficient (Wildman–Crippen LogP) is 9.16. The Bertz CT molecular complexity index is 864. The molecule has 0 spiro atoms. The fourth-order valence-corrected chi connectivity index (χ4v) is 3.70. The number of hydrogen-bond acceptors (Lipinski definition) is 0. The molecule has 0 aliphatic rings. The summed E-state index contributed by atoms with van der Waals surface area (Å²) >= 11 is 0. The molecule has 0 saturated carbocycles. The molecule has 0 saturated heterocycles. The molecule has 0 bridgehead atoms. The summed E-state index contributed by atoms with van der Waals surface area (Å²) in [7, 11) is 0. The van der Waals surface area contributed by atoms with Gasteiger partial charge in [-0.15, -0.1) is 0 Å². The van der Waals surface area contributed by atoms with E-state index >= 15 is 0 Å². The Kier molecular flexibility index (Phi) is 10.8. The van der Waals surface area contributed by atoms with Gasteiger partial charge in [-0.25, -0.2) is 0 Å². The lowest BCUT2D eigenvalue weighted by Gasteiger charge is -2.14. The third-order valence-corrected chi connectivity index (χ3v) is 5.49. The average molecular weight is 399 g/mol. The first-order valence-electron chi connectivity index (χ1n) is 11.8. The average Bonchev–Trinajstić information content (AvgIpc) is 2.79. The van der Waals surface area contributed by atoms with Gasteiger partial charge < -0.3 is 0 Å². The van der Waals surface area contributed by atoms with E-state index in [9.17, 15) is 0 Å². The minimum atomic E-state index is 0.988. The zero-order valence-electron chi connectivity index (χ0n) is 19.4. The third-order valence-electron chi connectivity index (χ3n) is 5.49. The summed E-state index contributed by atoms with van der Waals surface area (Å²) in [4.78, 5) is 0. The first-order valence-corrected chi connectivity index (χ1v) is 11.8. The van der Waals surface area contributed by atoms with Crippen molar-refractivity contribution >= 4 is 17.2 Å². The Labute approximate surface area is 185 Å². The van der Waals surface area contributed by atoms with Gasteiger partial charge in [0.1, 0.15) is 0 Å². The molecule has 0 atom stereocenters. The van der Waals surface area contributed by atoms with Crippen LogP contribution in [0.5, 0.6) is 0 Å². The quantitative estimate of drug-likeness (QED) is 0.212. The van der Waals surface area contributed by atoms with Gasteiger partial charge in [0.15, 0.2) is 0 Å². The lowest BCUT2D eigenvalue weighted by Crippen LogP contribution is -1.92. The largest absolute Gasteiger partial charge is 0.0979 e. The van der Waals surface area contributed by atoms with E-state index in [2.05, 4.69) is 100 Å². The van der Waals surface area contributed by atoms with Crippen molar-refractivity contribution in [2.24, 2.45) is 0 Å². The van der Waals surface area contributed by atoms with Crippen molar-refractivity contribution in [2.45, 2.75) is 79.1 Å². The van der Waals surface area contributed by atoms with Gasteiger partial charge in [0.25, 0.3) is 0 Å². The maximum Gasteiger partial charge on any atom is 0.0245 e. The van der Waals surface area contributed by atoms with E-state index < -0.39 is 0 Å². The minimum absolute atomic E-state index is 0.988. The minimum Gasteiger partial charge on any atom is -0.0979 e. The van der Waals surface area contributed by atoms with E-state index in [1.165, 1.54) is 53.5 Å². The van der Waals surface area contributed by atoms with E-state index in [1.54, 1.807) is 0 Å². The maximum atomic E-state index is 3.30. The summed E-state index contributed by atoms with van der Waals surface area (Å²) in [6, 6.07) is 17.9. The monoisotopic (exact) mass is 398 g/mol. The molecule has 0 aromatic heterocycles. The van der Waals surface area contributed by atoms with Crippen LogP contribution in [-0.2, 0) is 0 Å². The third kappa shape index (κ3) is 7.38. The number of rotatable bonds is 10. The Balaban J connectivity index is 2.22. The molecular formula is C30H38. The first kappa shape index (κ1) is 23.8. The molecule has 0 nitrogen and oxygen atoms in total. The van der Waals surface area contributed by atoms with Gasteiger partial charge in [-0.3, -0.25) is 0 Å². The summed E-state index contributed by atoms with van der Waals surface area (Å²) in [5.41, 5.74) is 7.94. The van der Waals surface area contributed by atoms with Crippen molar-refractivity contribution in [1.29, 1.82) is 0 Å².